The molecule has 0 fully saturated rings. The van der Waals surface area contributed by atoms with Gasteiger partial charge in [-0.15, -0.1) is 0 Å². The predicted octanol–water partition coefficient (Wildman–Crippen LogP) is 0.776. The summed E-state index contributed by atoms with van der Waals surface area (Å²) in [5, 5.41) is 2.71. The van der Waals surface area contributed by atoms with Gasteiger partial charge in [-0.1, -0.05) is 6.92 Å². The molecule has 0 radical (unpaired) electrons. The highest BCUT2D eigenvalue weighted by Crippen LogP contribution is 2.21. The Balaban J connectivity index is 2.64. The van der Waals surface area contributed by atoms with Crippen LogP contribution in [0.3, 0.4) is 0 Å². The van der Waals surface area contributed by atoms with Gasteiger partial charge in [0.05, 0.1) is 12.7 Å². The Labute approximate surface area is 109 Å². The lowest BCUT2D eigenvalue weighted by molar-refractivity contribution is 0.0953. The van der Waals surface area contributed by atoms with Gasteiger partial charge in [0.2, 0.25) is 0 Å². The number of methoxy groups -OCH3 is 1. The van der Waals surface area contributed by atoms with E-state index in [2.05, 4.69) is 5.32 Å². The topological polar surface area (TPSA) is 81.4 Å². The molecule has 0 saturated heterocycles. The summed E-state index contributed by atoms with van der Waals surface area (Å²) < 4.78 is 16.3. The average molecular weight is 270 g/mol. The van der Waals surface area contributed by atoms with E-state index in [9.17, 15) is 9.00 Å². The Morgan fingerprint density at radius 2 is 2.22 bits per heavy atom. The Hall–Kier alpha value is -1.56. The van der Waals surface area contributed by atoms with Crippen molar-refractivity contribution in [3.8, 4) is 5.75 Å². The molecule has 1 aromatic carbocycles. The van der Waals surface area contributed by atoms with E-state index in [0.29, 0.717) is 35.1 Å². The fourth-order valence-corrected chi connectivity index (χ4v) is 2.03. The number of anilines is 1. The quantitative estimate of drug-likeness (QED) is 0.748. The second-order valence-electron chi connectivity index (χ2n) is 3.65. The zero-order valence-corrected chi connectivity index (χ0v) is 11.4. The maximum Gasteiger partial charge on any atom is 0.255 e. The van der Waals surface area contributed by atoms with E-state index in [1.165, 1.54) is 7.11 Å². The van der Waals surface area contributed by atoms with Crippen LogP contribution >= 0.6 is 0 Å². The molecule has 0 aliphatic rings. The molecule has 0 aromatic heterocycles. The van der Waals surface area contributed by atoms with Gasteiger partial charge in [0.25, 0.3) is 5.91 Å². The van der Waals surface area contributed by atoms with Crippen LogP contribution in [0.4, 0.5) is 5.69 Å². The van der Waals surface area contributed by atoms with E-state index in [-0.39, 0.29) is 5.91 Å². The number of carbonyl (C=O) groups excluding carboxylic acids is 1. The van der Waals surface area contributed by atoms with E-state index in [1.54, 1.807) is 18.2 Å². The van der Waals surface area contributed by atoms with Gasteiger partial charge in [0, 0.05) is 40.6 Å². The van der Waals surface area contributed by atoms with Gasteiger partial charge >= 0.3 is 0 Å². The van der Waals surface area contributed by atoms with Crippen LogP contribution in [-0.2, 0) is 10.8 Å². The molecule has 1 aromatic rings. The Bertz CT molecular complexity index is 449. The number of ether oxygens (including phenoxy) is 1. The molecule has 0 heterocycles. The lowest BCUT2D eigenvalue weighted by atomic mass is 10.1. The van der Waals surface area contributed by atoms with Gasteiger partial charge in [-0.25, -0.2) is 0 Å². The number of nitrogen functional groups attached to an aromatic ring is 1. The zero-order valence-electron chi connectivity index (χ0n) is 10.6. The zero-order chi connectivity index (χ0) is 13.5. The molecule has 0 aliphatic heterocycles. The molecule has 1 unspecified atom stereocenters. The first-order valence-corrected chi connectivity index (χ1v) is 7.14. The average Bonchev–Trinajstić information content (AvgIpc) is 2.37. The highest BCUT2D eigenvalue weighted by molar-refractivity contribution is 7.84. The maximum absolute atomic E-state index is 11.9. The van der Waals surface area contributed by atoms with Crippen molar-refractivity contribution >= 4 is 22.4 Å². The van der Waals surface area contributed by atoms with E-state index < -0.39 is 10.8 Å². The minimum absolute atomic E-state index is 0.250. The largest absolute Gasteiger partial charge is 0.496 e. The summed E-state index contributed by atoms with van der Waals surface area (Å²) in [7, 11) is 0.607. The normalized spacial score (nSPS) is 11.9. The second-order valence-corrected chi connectivity index (χ2v) is 5.51. The van der Waals surface area contributed by atoms with Crippen LogP contribution in [0.15, 0.2) is 18.2 Å². The first-order chi connectivity index (χ1) is 8.58. The van der Waals surface area contributed by atoms with Crippen molar-refractivity contribution in [2.75, 3.05) is 30.9 Å². The summed E-state index contributed by atoms with van der Waals surface area (Å²) in [5.74, 6) is 1.24. The number of nitrogens with one attached hydrogen (secondary N) is 1. The van der Waals surface area contributed by atoms with Crippen LogP contribution in [-0.4, -0.2) is 35.3 Å². The van der Waals surface area contributed by atoms with Crippen molar-refractivity contribution in [1.29, 1.82) is 0 Å². The van der Waals surface area contributed by atoms with Crippen LogP contribution in [0.25, 0.3) is 0 Å². The van der Waals surface area contributed by atoms with Crippen LogP contribution in [0, 0.1) is 0 Å². The molecule has 6 heteroatoms. The summed E-state index contributed by atoms with van der Waals surface area (Å²) in [5.41, 5.74) is 6.57. The standard InChI is InChI=1S/C12H18N2O3S/c1-3-18(16)7-6-14-12(15)10-5-4-9(13)8-11(10)17-2/h4-5,8H,3,6-7,13H2,1-2H3,(H,14,15). The third-order valence-corrected chi connectivity index (χ3v) is 3.71. The summed E-state index contributed by atoms with van der Waals surface area (Å²) in [4.78, 5) is 11.9. The fraction of sp³-hybridized carbons (Fsp3) is 0.417. The van der Waals surface area contributed by atoms with Gasteiger partial charge in [-0.05, 0) is 12.1 Å². The highest BCUT2D eigenvalue weighted by Gasteiger charge is 2.12. The highest BCUT2D eigenvalue weighted by atomic mass is 32.2. The van der Waals surface area contributed by atoms with E-state index in [0.717, 1.165) is 0 Å². The number of carbonyl (C=O) groups is 1. The van der Waals surface area contributed by atoms with Gasteiger partial charge in [0.15, 0.2) is 0 Å². The van der Waals surface area contributed by atoms with Crippen LogP contribution in [0.5, 0.6) is 5.75 Å². The van der Waals surface area contributed by atoms with Crippen molar-refractivity contribution in [3.05, 3.63) is 23.8 Å². The number of amides is 1. The van der Waals surface area contributed by atoms with Crippen molar-refractivity contribution in [2.45, 2.75) is 6.92 Å². The summed E-state index contributed by atoms with van der Waals surface area (Å²) >= 11 is 0. The molecule has 0 aliphatic carbocycles. The maximum atomic E-state index is 11.9. The summed E-state index contributed by atoms with van der Waals surface area (Å²) in [6.45, 7) is 2.23. The minimum atomic E-state index is -0.877. The van der Waals surface area contributed by atoms with Crippen molar-refractivity contribution < 1.29 is 13.7 Å². The third-order valence-electron chi connectivity index (χ3n) is 2.41. The smallest absolute Gasteiger partial charge is 0.255 e. The summed E-state index contributed by atoms with van der Waals surface area (Å²) in [6, 6.07) is 4.85. The minimum Gasteiger partial charge on any atom is -0.496 e. The lowest BCUT2D eigenvalue weighted by Crippen LogP contribution is -2.28. The Morgan fingerprint density at radius 1 is 1.50 bits per heavy atom. The molecule has 0 saturated carbocycles. The van der Waals surface area contributed by atoms with E-state index in [4.69, 9.17) is 10.5 Å². The molecule has 0 bridgehead atoms. The molecular weight excluding hydrogens is 252 g/mol. The Kier molecular flexibility index (Phi) is 5.64. The number of rotatable bonds is 6. The molecular formula is C12H18N2O3S. The monoisotopic (exact) mass is 270 g/mol. The molecule has 1 amide bonds. The number of hydrogen-bond donors (Lipinski definition) is 2. The second kappa shape index (κ2) is 7.00. The fourth-order valence-electron chi connectivity index (χ4n) is 1.41. The van der Waals surface area contributed by atoms with Gasteiger partial charge in [-0.2, -0.15) is 0 Å². The third kappa shape index (κ3) is 4.03. The lowest BCUT2D eigenvalue weighted by Gasteiger charge is -2.09. The van der Waals surface area contributed by atoms with Crippen molar-refractivity contribution in [3.63, 3.8) is 0 Å². The molecule has 1 rings (SSSR count). The molecule has 1 atom stereocenters. The van der Waals surface area contributed by atoms with Crippen LogP contribution < -0.4 is 15.8 Å². The first-order valence-electron chi connectivity index (χ1n) is 5.65. The molecule has 5 nitrogen and oxygen atoms in total. The number of hydrogen-bond acceptors (Lipinski definition) is 4. The van der Waals surface area contributed by atoms with E-state index >= 15 is 0 Å². The molecule has 18 heavy (non-hydrogen) atoms. The van der Waals surface area contributed by atoms with Gasteiger partial charge in [0.1, 0.15) is 5.75 Å². The van der Waals surface area contributed by atoms with Gasteiger partial charge in [-0.3, -0.25) is 9.00 Å². The Morgan fingerprint density at radius 3 is 2.83 bits per heavy atom. The number of benzene rings is 1. The summed E-state index contributed by atoms with van der Waals surface area (Å²) in [6.07, 6.45) is 0. The molecule has 100 valence electrons. The predicted molar refractivity (Wildman–Crippen MR) is 73.3 cm³/mol. The van der Waals surface area contributed by atoms with Gasteiger partial charge < -0.3 is 15.8 Å². The van der Waals surface area contributed by atoms with Crippen molar-refractivity contribution in [2.24, 2.45) is 0 Å². The first kappa shape index (κ1) is 14.5. The van der Waals surface area contributed by atoms with Crippen LogP contribution in [0.2, 0.25) is 0 Å². The molecule has 3 N–H and O–H groups in total. The van der Waals surface area contributed by atoms with E-state index in [1.807, 2.05) is 6.92 Å². The van der Waals surface area contributed by atoms with Crippen LogP contribution in [0.1, 0.15) is 17.3 Å². The van der Waals surface area contributed by atoms with Crippen molar-refractivity contribution in [1.82, 2.24) is 5.32 Å². The SMILES string of the molecule is CCS(=O)CCNC(=O)c1ccc(N)cc1OC. The number of nitrogens with two attached hydrogens (primary N) is 1. The molecule has 0 spiro atoms.